The van der Waals surface area contributed by atoms with Crippen molar-refractivity contribution < 1.29 is 9.59 Å². The zero-order valence-electron chi connectivity index (χ0n) is 14.4. The van der Waals surface area contributed by atoms with Gasteiger partial charge in [0.05, 0.1) is 5.92 Å². The maximum absolute atomic E-state index is 12.3. The fourth-order valence-electron chi connectivity index (χ4n) is 3.02. The molecule has 5 nitrogen and oxygen atoms in total. The fourth-order valence-corrected chi connectivity index (χ4v) is 3.02. The number of aromatic nitrogens is 1. The molecule has 1 unspecified atom stereocenters. The van der Waals surface area contributed by atoms with E-state index in [4.69, 9.17) is 0 Å². The molecule has 1 saturated heterocycles. The number of benzene rings is 1. The van der Waals surface area contributed by atoms with Crippen LogP contribution >= 0.6 is 0 Å². The number of pyridine rings is 1. The molecule has 1 aromatic carbocycles. The number of hydrogen-bond acceptors (Lipinski definition) is 3. The van der Waals surface area contributed by atoms with Gasteiger partial charge in [-0.3, -0.25) is 14.6 Å². The molecule has 1 N–H and O–H groups in total. The Morgan fingerprint density at radius 2 is 2.04 bits per heavy atom. The molecule has 0 saturated carbocycles. The quantitative estimate of drug-likeness (QED) is 0.878. The van der Waals surface area contributed by atoms with Crippen molar-refractivity contribution in [1.82, 2.24) is 15.2 Å². The first kappa shape index (κ1) is 17.1. The molecule has 1 fully saturated rings. The van der Waals surface area contributed by atoms with Crippen molar-refractivity contribution >= 4 is 11.8 Å². The van der Waals surface area contributed by atoms with E-state index in [0.29, 0.717) is 32.5 Å². The summed E-state index contributed by atoms with van der Waals surface area (Å²) < 4.78 is 0. The minimum Gasteiger partial charge on any atom is -0.355 e. The van der Waals surface area contributed by atoms with Crippen LogP contribution in [0.15, 0.2) is 48.7 Å². The third-order valence-corrected chi connectivity index (χ3v) is 4.49. The molecule has 1 aromatic heterocycles. The summed E-state index contributed by atoms with van der Waals surface area (Å²) in [6, 6.07) is 13.9. The highest BCUT2D eigenvalue weighted by molar-refractivity contribution is 5.89. The predicted octanol–water partition coefficient (Wildman–Crippen LogP) is 2.10. The van der Waals surface area contributed by atoms with Crippen LogP contribution in [0.1, 0.15) is 23.2 Å². The minimum atomic E-state index is -0.262. The van der Waals surface area contributed by atoms with E-state index in [0.717, 1.165) is 11.3 Å². The van der Waals surface area contributed by atoms with Crippen LogP contribution in [0.2, 0.25) is 0 Å². The van der Waals surface area contributed by atoms with Gasteiger partial charge in [-0.25, -0.2) is 0 Å². The van der Waals surface area contributed by atoms with Crippen LogP contribution in [0.25, 0.3) is 0 Å². The zero-order chi connectivity index (χ0) is 17.6. The second-order valence-electron chi connectivity index (χ2n) is 6.52. The average Bonchev–Trinajstić information content (AvgIpc) is 2.99. The summed E-state index contributed by atoms with van der Waals surface area (Å²) in [6.45, 7) is 3.63. The van der Waals surface area contributed by atoms with E-state index in [2.05, 4.69) is 10.3 Å². The summed E-state index contributed by atoms with van der Waals surface area (Å²) in [6.07, 6.45) is 2.73. The Morgan fingerprint density at radius 1 is 1.24 bits per heavy atom. The second-order valence-corrected chi connectivity index (χ2v) is 6.52. The molecule has 1 atom stereocenters. The van der Waals surface area contributed by atoms with Crippen molar-refractivity contribution in [1.29, 1.82) is 0 Å². The van der Waals surface area contributed by atoms with E-state index in [-0.39, 0.29) is 17.7 Å². The van der Waals surface area contributed by atoms with E-state index >= 15 is 0 Å². The molecule has 5 heteroatoms. The van der Waals surface area contributed by atoms with Crippen LogP contribution < -0.4 is 5.32 Å². The van der Waals surface area contributed by atoms with Crippen molar-refractivity contribution in [3.05, 3.63) is 65.5 Å². The normalized spacial score (nSPS) is 16.9. The standard InChI is InChI=1S/C20H23N3O2/c1-15-5-7-16(8-6-15)13-23-14-17(12-19(23)24)20(25)22-11-9-18-4-2-3-10-21-18/h2-8,10,17H,9,11-14H2,1H3,(H,22,25). The molecule has 2 amide bonds. The number of aryl methyl sites for hydroxylation is 1. The first-order valence-electron chi connectivity index (χ1n) is 8.63. The van der Waals surface area contributed by atoms with E-state index < -0.39 is 0 Å². The SMILES string of the molecule is Cc1ccc(CN2CC(C(=O)NCCc3ccccn3)CC2=O)cc1. The number of likely N-dealkylation sites (tertiary alicyclic amines) is 1. The van der Waals surface area contributed by atoms with Crippen molar-refractivity contribution in [2.75, 3.05) is 13.1 Å². The highest BCUT2D eigenvalue weighted by Gasteiger charge is 2.33. The Labute approximate surface area is 148 Å². The fraction of sp³-hybridized carbons (Fsp3) is 0.350. The van der Waals surface area contributed by atoms with Gasteiger partial charge in [-0.1, -0.05) is 35.9 Å². The first-order valence-corrected chi connectivity index (χ1v) is 8.63. The molecule has 0 spiro atoms. The highest BCUT2D eigenvalue weighted by Crippen LogP contribution is 2.20. The largest absolute Gasteiger partial charge is 0.355 e. The average molecular weight is 337 g/mol. The Morgan fingerprint density at radius 3 is 2.76 bits per heavy atom. The van der Waals surface area contributed by atoms with Gasteiger partial charge >= 0.3 is 0 Å². The summed E-state index contributed by atoms with van der Waals surface area (Å²) in [5, 5.41) is 2.93. The number of carbonyl (C=O) groups is 2. The lowest BCUT2D eigenvalue weighted by atomic mass is 10.1. The molecule has 0 radical (unpaired) electrons. The van der Waals surface area contributed by atoms with Crippen LogP contribution in [0.3, 0.4) is 0 Å². The number of nitrogens with zero attached hydrogens (tertiary/aromatic N) is 2. The van der Waals surface area contributed by atoms with Gasteiger partial charge in [-0.15, -0.1) is 0 Å². The highest BCUT2D eigenvalue weighted by atomic mass is 16.2. The molecule has 2 heterocycles. The Kier molecular flexibility index (Phi) is 5.43. The number of amides is 2. The molecular formula is C20H23N3O2. The van der Waals surface area contributed by atoms with Crippen molar-refractivity contribution in [3.63, 3.8) is 0 Å². The van der Waals surface area contributed by atoms with Gasteiger partial charge in [0, 0.05) is 44.4 Å². The van der Waals surface area contributed by atoms with Crippen LogP contribution in [0, 0.1) is 12.8 Å². The molecule has 2 aromatic rings. The molecule has 25 heavy (non-hydrogen) atoms. The molecule has 1 aliphatic rings. The Balaban J connectivity index is 1.47. The third kappa shape index (κ3) is 4.66. The molecule has 3 rings (SSSR count). The van der Waals surface area contributed by atoms with E-state index in [1.807, 2.05) is 49.4 Å². The van der Waals surface area contributed by atoms with Gasteiger partial charge in [0.1, 0.15) is 0 Å². The van der Waals surface area contributed by atoms with E-state index in [9.17, 15) is 9.59 Å². The topological polar surface area (TPSA) is 62.3 Å². The van der Waals surface area contributed by atoms with Crippen LogP contribution in [-0.4, -0.2) is 34.8 Å². The first-order chi connectivity index (χ1) is 12.1. The third-order valence-electron chi connectivity index (χ3n) is 4.49. The molecule has 0 aliphatic carbocycles. The number of rotatable bonds is 6. The monoisotopic (exact) mass is 337 g/mol. The summed E-state index contributed by atoms with van der Waals surface area (Å²) in [4.78, 5) is 30.5. The van der Waals surface area contributed by atoms with E-state index in [1.165, 1.54) is 5.56 Å². The summed E-state index contributed by atoms with van der Waals surface area (Å²) in [5.41, 5.74) is 3.24. The molecule has 1 aliphatic heterocycles. The van der Waals surface area contributed by atoms with Gasteiger partial charge in [-0.05, 0) is 24.6 Å². The lowest BCUT2D eigenvalue weighted by Gasteiger charge is -2.17. The summed E-state index contributed by atoms with van der Waals surface area (Å²) in [7, 11) is 0. The minimum absolute atomic E-state index is 0.0457. The predicted molar refractivity (Wildman–Crippen MR) is 95.7 cm³/mol. The van der Waals surface area contributed by atoms with Crippen molar-refractivity contribution in [2.45, 2.75) is 26.3 Å². The lowest BCUT2D eigenvalue weighted by Crippen LogP contribution is -2.34. The number of carbonyl (C=O) groups excluding carboxylic acids is 2. The number of nitrogens with one attached hydrogen (secondary N) is 1. The Bertz CT molecular complexity index is 728. The summed E-state index contributed by atoms with van der Waals surface area (Å²) >= 11 is 0. The molecule has 130 valence electrons. The maximum atomic E-state index is 12.3. The summed E-state index contributed by atoms with van der Waals surface area (Å²) in [5.74, 6) is -0.261. The van der Waals surface area contributed by atoms with Gasteiger partial charge in [0.25, 0.3) is 0 Å². The van der Waals surface area contributed by atoms with Crippen molar-refractivity contribution in [2.24, 2.45) is 5.92 Å². The maximum Gasteiger partial charge on any atom is 0.225 e. The van der Waals surface area contributed by atoms with Crippen molar-refractivity contribution in [3.8, 4) is 0 Å². The van der Waals surface area contributed by atoms with Gasteiger partial charge in [-0.2, -0.15) is 0 Å². The van der Waals surface area contributed by atoms with E-state index in [1.54, 1.807) is 11.1 Å². The smallest absolute Gasteiger partial charge is 0.225 e. The molecule has 0 bridgehead atoms. The van der Waals surface area contributed by atoms with Gasteiger partial charge < -0.3 is 10.2 Å². The van der Waals surface area contributed by atoms with Crippen LogP contribution in [-0.2, 0) is 22.6 Å². The van der Waals surface area contributed by atoms with Crippen LogP contribution in [0.5, 0.6) is 0 Å². The lowest BCUT2D eigenvalue weighted by molar-refractivity contribution is -0.129. The number of hydrogen-bond donors (Lipinski definition) is 1. The Hall–Kier alpha value is -2.69. The van der Waals surface area contributed by atoms with Crippen LogP contribution in [0.4, 0.5) is 0 Å². The second kappa shape index (κ2) is 7.92. The zero-order valence-corrected chi connectivity index (χ0v) is 14.4. The molecular weight excluding hydrogens is 314 g/mol. The van der Waals surface area contributed by atoms with Gasteiger partial charge in [0.2, 0.25) is 11.8 Å². The van der Waals surface area contributed by atoms with Gasteiger partial charge in [0.15, 0.2) is 0 Å².